The Labute approximate surface area is 407 Å². The number of fused-ring (bicyclic) bond motifs is 4. The van der Waals surface area contributed by atoms with E-state index < -0.39 is 11.9 Å². The molecule has 3 aliphatic heterocycles. The fourth-order valence-electron chi connectivity index (χ4n) is 7.47. The number of anilines is 4. The van der Waals surface area contributed by atoms with Crippen molar-refractivity contribution in [2.24, 2.45) is 0 Å². The summed E-state index contributed by atoms with van der Waals surface area (Å²) in [5.41, 5.74) is 7.76. The monoisotopic (exact) mass is 985 g/mol. The number of rotatable bonds is 8. The maximum Gasteiger partial charge on any atom is 0.326 e. The van der Waals surface area contributed by atoms with Gasteiger partial charge >= 0.3 is 11.9 Å². The zero-order valence-electron chi connectivity index (χ0n) is 37.0. The molecule has 0 radical (unpaired) electrons. The molecule has 0 spiro atoms. The van der Waals surface area contributed by atoms with Gasteiger partial charge in [0, 0.05) is 59.9 Å². The van der Waals surface area contributed by atoms with E-state index in [1.165, 1.54) is 20.3 Å². The van der Waals surface area contributed by atoms with Crippen molar-refractivity contribution in [2.45, 2.75) is 52.4 Å². The Bertz CT molecular complexity index is 2840. The molecule has 0 saturated carbocycles. The van der Waals surface area contributed by atoms with Crippen molar-refractivity contribution in [2.75, 3.05) is 46.3 Å². The van der Waals surface area contributed by atoms with Gasteiger partial charge in [0.25, 0.3) is 0 Å². The molecule has 3 N–H and O–H groups in total. The number of amides is 4. The number of ether oxygens (including phenoxy) is 1. The van der Waals surface area contributed by atoms with E-state index in [1.54, 1.807) is 61.5 Å². The first-order valence-corrected chi connectivity index (χ1v) is 22.6. The minimum atomic E-state index is -1.02. The lowest BCUT2D eigenvalue weighted by Gasteiger charge is -2.20. The first-order valence-electron chi connectivity index (χ1n) is 21.1. The molecule has 4 amide bonds. The number of nitrogens with zero attached hydrogens (tertiary/aromatic N) is 3. The van der Waals surface area contributed by atoms with Crippen LogP contribution in [0.15, 0.2) is 109 Å². The molecule has 0 atom stereocenters. The van der Waals surface area contributed by atoms with Gasteiger partial charge in [0.1, 0.15) is 19.6 Å². The molecule has 6 aromatic rings. The summed E-state index contributed by atoms with van der Waals surface area (Å²) in [4.78, 5) is 77.0. The third-order valence-electron chi connectivity index (χ3n) is 10.7. The van der Waals surface area contributed by atoms with Gasteiger partial charge in [-0.05, 0) is 126 Å². The maximum atomic E-state index is 12.3. The summed E-state index contributed by atoms with van der Waals surface area (Å²) in [7, 11) is 0. The SMILES string of the molecule is CC(C)(C)c1ccc(NC(=O)CN2C(=O)Cc3cc(Cl)ccc32)cc1.CCOC(=O)CN1C(=O)Cc2cc(Cl)ccc21.Clc1ccc2[nH]ccc2c1.O=C(O)CN1C(=O)Cc2cc(Cl)ccc21. The number of carbonyl (C=O) groups is 6. The smallest absolute Gasteiger partial charge is 0.326 e. The fraction of sp³-hybridized carbons (Fsp3) is 0.240. The molecule has 0 saturated heterocycles. The van der Waals surface area contributed by atoms with E-state index in [1.807, 2.05) is 54.7 Å². The van der Waals surface area contributed by atoms with Crippen LogP contribution in [-0.2, 0) is 58.2 Å². The van der Waals surface area contributed by atoms with Crippen molar-refractivity contribution in [3.05, 3.63) is 152 Å². The minimum Gasteiger partial charge on any atom is -0.480 e. The normalized spacial score (nSPS) is 13.4. The molecule has 0 bridgehead atoms. The molecule has 17 heteroatoms. The van der Waals surface area contributed by atoms with Crippen LogP contribution in [0.5, 0.6) is 0 Å². The number of carboxylic acid groups (broad SMARTS) is 1. The largest absolute Gasteiger partial charge is 0.480 e. The molecule has 0 aliphatic carbocycles. The summed E-state index contributed by atoms with van der Waals surface area (Å²) < 4.78 is 4.83. The standard InChI is InChI=1S/C20H21ClN2O2.C12H12ClNO3.C10H8ClNO3.C8H6ClN/c1-20(2,3)14-4-7-16(8-5-14)22-18(24)12-23-17-9-6-15(21)10-13(17)11-19(23)25;1-2-17-12(16)7-14-10-4-3-9(13)5-8(10)6-11(14)15;11-7-1-2-8-6(3-7)4-9(13)12(8)5-10(14)15;9-7-1-2-8-6(5-7)3-4-10-8/h4-10H,11-12H2,1-3H3,(H,22,24);3-5H,2,6-7H2,1H3;1-3H,4-5H2,(H,14,15);1-5,10H. The van der Waals surface area contributed by atoms with Crippen molar-refractivity contribution >= 4 is 116 Å². The number of nitrogens with one attached hydrogen (secondary N) is 2. The first-order chi connectivity index (χ1) is 31.8. The van der Waals surface area contributed by atoms with Crippen molar-refractivity contribution in [3.63, 3.8) is 0 Å². The average molecular weight is 988 g/mol. The highest BCUT2D eigenvalue weighted by atomic mass is 35.5. The number of H-pyrrole nitrogens is 1. The summed E-state index contributed by atoms with van der Waals surface area (Å²) in [6.07, 6.45) is 2.70. The van der Waals surface area contributed by atoms with Crippen LogP contribution < -0.4 is 20.0 Å². The second-order valence-electron chi connectivity index (χ2n) is 16.6. The minimum absolute atomic E-state index is 0.00547. The number of aromatic amines is 1. The number of aliphatic carboxylic acids is 1. The van der Waals surface area contributed by atoms with Crippen LogP contribution in [0.3, 0.4) is 0 Å². The highest BCUT2D eigenvalue weighted by Gasteiger charge is 2.31. The van der Waals surface area contributed by atoms with Gasteiger partial charge in [0.05, 0.1) is 25.9 Å². The number of carboxylic acids is 1. The van der Waals surface area contributed by atoms with E-state index in [2.05, 4.69) is 31.1 Å². The van der Waals surface area contributed by atoms with Crippen LogP contribution in [0.25, 0.3) is 10.9 Å². The van der Waals surface area contributed by atoms with Gasteiger partial charge in [-0.15, -0.1) is 0 Å². The van der Waals surface area contributed by atoms with Crippen LogP contribution in [0, 0.1) is 0 Å². The Morgan fingerprint density at radius 1 is 0.627 bits per heavy atom. The molecule has 5 aromatic carbocycles. The molecule has 348 valence electrons. The van der Waals surface area contributed by atoms with Crippen molar-refractivity contribution in [1.82, 2.24) is 4.98 Å². The Hall–Kier alpha value is -6.38. The average Bonchev–Trinajstić information content (AvgIpc) is 4.00. The molecule has 4 heterocycles. The maximum absolute atomic E-state index is 12.3. The molecule has 9 rings (SSSR count). The summed E-state index contributed by atoms with van der Waals surface area (Å²) in [6, 6.07) is 31.1. The number of carbonyl (C=O) groups excluding carboxylic acids is 5. The lowest BCUT2D eigenvalue weighted by Crippen LogP contribution is -2.35. The van der Waals surface area contributed by atoms with Crippen LogP contribution >= 0.6 is 46.4 Å². The predicted octanol–water partition coefficient (Wildman–Crippen LogP) is 10.1. The molecular formula is C50H47Cl4N5O8. The predicted molar refractivity (Wildman–Crippen MR) is 264 cm³/mol. The summed E-state index contributed by atoms with van der Waals surface area (Å²) in [6.45, 7) is 8.13. The van der Waals surface area contributed by atoms with E-state index in [9.17, 15) is 28.8 Å². The molecule has 3 aliphatic rings. The first kappa shape index (κ1) is 50.0. The molecule has 0 unspecified atom stereocenters. The third-order valence-corrected chi connectivity index (χ3v) is 11.6. The number of benzene rings is 5. The summed E-state index contributed by atoms with van der Waals surface area (Å²) >= 11 is 23.4. The van der Waals surface area contributed by atoms with Crippen LogP contribution in [0.2, 0.25) is 20.1 Å². The second-order valence-corrected chi connectivity index (χ2v) is 18.3. The van der Waals surface area contributed by atoms with Crippen LogP contribution in [0.1, 0.15) is 49.9 Å². The van der Waals surface area contributed by atoms with Crippen molar-refractivity contribution in [3.8, 4) is 0 Å². The summed E-state index contributed by atoms with van der Waals surface area (Å²) in [5.74, 6) is -2.03. The second kappa shape index (κ2) is 21.9. The topological polar surface area (TPSA) is 169 Å². The van der Waals surface area contributed by atoms with Crippen LogP contribution in [0.4, 0.5) is 22.7 Å². The van der Waals surface area contributed by atoms with Gasteiger partial charge in [-0.25, -0.2) is 0 Å². The Morgan fingerprint density at radius 3 is 1.54 bits per heavy atom. The quantitative estimate of drug-likeness (QED) is 0.127. The molecule has 13 nitrogen and oxygen atoms in total. The van der Waals surface area contributed by atoms with Gasteiger partial charge in [0.2, 0.25) is 23.6 Å². The van der Waals surface area contributed by atoms with Gasteiger partial charge in [0.15, 0.2) is 0 Å². The third kappa shape index (κ3) is 13.2. The Morgan fingerprint density at radius 2 is 1.07 bits per heavy atom. The zero-order chi connectivity index (χ0) is 48.6. The molecule has 1 aromatic heterocycles. The summed E-state index contributed by atoms with van der Waals surface area (Å²) in [5, 5.41) is 15.2. The van der Waals surface area contributed by atoms with E-state index in [0.717, 1.165) is 49.7 Å². The number of hydrogen-bond acceptors (Lipinski definition) is 7. The van der Waals surface area contributed by atoms with Crippen molar-refractivity contribution in [1.29, 1.82) is 0 Å². The lowest BCUT2D eigenvalue weighted by atomic mass is 9.87. The molecule has 67 heavy (non-hydrogen) atoms. The van der Waals surface area contributed by atoms with Gasteiger partial charge < -0.3 is 34.8 Å². The fourth-order valence-corrected chi connectivity index (χ4v) is 8.23. The van der Waals surface area contributed by atoms with Gasteiger partial charge in [-0.2, -0.15) is 0 Å². The van der Waals surface area contributed by atoms with Gasteiger partial charge in [-0.3, -0.25) is 28.8 Å². The highest BCUT2D eigenvalue weighted by Crippen LogP contribution is 2.33. The van der Waals surface area contributed by atoms with Gasteiger partial charge in [-0.1, -0.05) is 79.3 Å². The highest BCUT2D eigenvalue weighted by molar-refractivity contribution is 6.32. The zero-order valence-corrected chi connectivity index (χ0v) is 40.0. The Kier molecular flexibility index (Phi) is 16.4. The van der Waals surface area contributed by atoms with Crippen molar-refractivity contribution < 1.29 is 38.6 Å². The number of hydrogen-bond donors (Lipinski definition) is 3. The van der Waals surface area contributed by atoms with E-state index in [4.69, 9.17) is 56.2 Å². The van der Waals surface area contributed by atoms with Crippen LogP contribution in [-0.4, -0.2) is 71.9 Å². The molecule has 0 fully saturated rings. The van der Waals surface area contributed by atoms with E-state index in [-0.39, 0.29) is 67.9 Å². The van der Waals surface area contributed by atoms with E-state index in [0.29, 0.717) is 27.4 Å². The number of esters is 1. The number of aromatic nitrogens is 1. The Balaban J connectivity index is 0.000000155. The lowest BCUT2D eigenvalue weighted by molar-refractivity contribution is -0.142. The molecular weight excluding hydrogens is 940 g/mol. The number of halogens is 4. The van der Waals surface area contributed by atoms with E-state index >= 15 is 0 Å².